The van der Waals surface area contributed by atoms with Gasteiger partial charge in [-0.3, -0.25) is 4.79 Å². The minimum Gasteiger partial charge on any atom is -0.497 e. The maximum absolute atomic E-state index is 12.7. The van der Waals surface area contributed by atoms with E-state index in [0.29, 0.717) is 6.61 Å². The highest BCUT2D eigenvalue weighted by atomic mass is 16.5. The van der Waals surface area contributed by atoms with Crippen molar-refractivity contribution in [1.82, 2.24) is 0 Å². The summed E-state index contributed by atoms with van der Waals surface area (Å²) in [5, 5.41) is 0. The highest BCUT2D eigenvalue weighted by molar-refractivity contribution is 6.05. The van der Waals surface area contributed by atoms with Crippen molar-refractivity contribution >= 4 is 11.6 Å². The number of hydrogen-bond acceptors (Lipinski definition) is 3. The van der Waals surface area contributed by atoms with Gasteiger partial charge in [0, 0.05) is 5.69 Å². The Bertz CT molecular complexity index is 740. The van der Waals surface area contributed by atoms with E-state index in [1.807, 2.05) is 54.6 Å². The minimum absolute atomic E-state index is 0.00255. The number of hydrogen-bond donors (Lipinski definition) is 0. The molecule has 3 rings (SSSR count). The zero-order valence-electron chi connectivity index (χ0n) is 15.3. The molecule has 0 spiro atoms. The topological polar surface area (TPSA) is 38.8 Å². The summed E-state index contributed by atoms with van der Waals surface area (Å²) in [6.07, 6.45) is 5.85. The van der Waals surface area contributed by atoms with Crippen molar-refractivity contribution in [3.05, 3.63) is 72.3 Å². The van der Waals surface area contributed by atoms with Gasteiger partial charge >= 0.3 is 0 Å². The smallest absolute Gasteiger partial charge is 0.259 e. The number of nitrogens with zero attached hydrogens (tertiary/aromatic N) is 1. The van der Waals surface area contributed by atoms with Crippen LogP contribution in [-0.2, 0) is 16.1 Å². The summed E-state index contributed by atoms with van der Waals surface area (Å²) in [6, 6.07) is 17.4. The lowest BCUT2D eigenvalue weighted by Gasteiger charge is -2.45. The van der Waals surface area contributed by atoms with Crippen LogP contribution in [0, 0.1) is 0 Å². The van der Waals surface area contributed by atoms with Gasteiger partial charge in [0.1, 0.15) is 5.75 Å². The first kappa shape index (κ1) is 18.2. The minimum atomic E-state index is -0.439. The largest absolute Gasteiger partial charge is 0.497 e. The van der Waals surface area contributed by atoms with Gasteiger partial charge in [-0.05, 0) is 36.2 Å². The Hall–Kier alpha value is -2.59. The summed E-state index contributed by atoms with van der Waals surface area (Å²) >= 11 is 0. The zero-order chi connectivity index (χ0) is 18.4. The number of methoxy groups -OCH3 is 1. The Morgan fingerprint density at radius 1 is 1.08 bits per heavy atom. The molecule has 0 N–H and O–H groups in total. The van der Waals surface area contributed by atoms with Crippen LogP contribution in [0.2, 0.25) is 0 Å². The third-order valence-corrected chi connectivity index (χ3v) is 4.50. The molecule has 4 nitrogen and oxygen atoms in total. The molecule has 0 unspecified atom stereocenters. The fourth-order valence-corrected chi connectivity index (χ4v) is 3.04. The van der Waals surface area contributed by atoms with Crippen molar-refractivity contribution in [3.8, 4) is 5.75 Å². The van der Waals surface area contributed by atoms with Crippen LogP contribution < -0.4 is 9.64 Å². The average molecular weight is 351 g/mol. The van der Waals surface area contributed by atoms with Gasteiger partial charge in [0.05, 0.1) is 19.8 Å². The number of unbranched alkanes of at least 4 members (excludes halogenated alkanes) is 1. The number of β-lactam (4-membered cyclic amide) rings is 1. The second-order valence-corrected chi connectivity index (χ2v) is 6.33. The van der Waals surface area contributed by atoms with E-state index in [0.717, 1.165) is 29.8 Å². The van der Waals surface area contributed by atoms with Gasteiger partial charge < -0.3 is 14.4 Å². The molecule has 1 heterocycles. The fraction of sp³-hybridized carbons (Fsp3) is 0.318. The molecule has 0 aliphatic carbocycles. The number of carbonyl (C=O) groups excluding carboxylic acids is 1. The maximum atomic E-state index is 12.7. The fourth-order valence-electron chi connectivity index (χ4n) is 3.04. The molecule has 26 heavy (non-hydrogen) atoms. The molecular formula is C22H25NO3. The highest BCUT2D eigenvalue weighted by Gasteiger charge is 2.47. The Morgan fingerprint density at radius 2 is 1.81 bits per heavy atom. The van der Waals surface area contributed by atoms with E-state index < -0.39 is 6.10 Å². The van der Waals surface area contributed by atoms with E-state index in [2.05, 4.69) is 19.1 Å². The van der Waals surface area contributed by atoms with E-state index >= 15 is 0 Å². The number of ether oxygens (including phenoxy) is 2. The van der Waals surface area contributed by atoms with E-state index in [-0.39, 0.29) is 11.9 Å². The van der Waals surface area contributed by atoms with Crippen molar-refractivity contribution in [2.24, 2.45) is 0 Å². The lowest BCUT2D eigenvalue weighted by Crippen LogP contribution is -2.65. The standard InChI is InChI=1S/C22H25NO3/c1-3-4-6-11-20-21(26-16-17-9-7-5-8-10-17)22(24)23(20)18-12-14-19(25-2)15-13-18/h5-15,20-21H,3-4,16H2,1-2H3/b11-6+/t20-,21+/m0/s1. The average Bonchev–Trinajstić information content (AvgIpc) is 2.69. The summed E-state index contributed by atoms with van der Waals surface area (Å²) in [6.45, 7) is 2.58. The number of carbonyl (C=O) groups is 1. The van der Waals surface area contributed by atoms with Gasteiger partial charge in [-0.15, -0.1) is 0 Å². The van der Waals surface area contributed by atoms with E-state index in [4.69, 9.17) is 9.47 Å². The van der Waals surface area contributed by atoms with Crippen LogP contribution in [0.25, 0.3) is 0 Å². The molecule has 2 atom stereocenters. The molecule has 4 heteroatoms. The number of rotatable bonds is 8. The van der Waals surface area contributed by atoms with Crippen LogP contribution in [0.4, 0.5) is 5.69 Å². The molecule has 0 radical (unpaired) electrons. The summed E-state index contributed by atoms with van der Waals surface area (Å²) in [7, 11) is 1.63. The molecule has 0 saturated carbocycles. The molecule has 1 amide bonds. The lowest BCUT2D eigenvalue weighted by atomic mass is 9.95. The van der Waals surface area contributed by atoms with Crippen LogP contribution in [0.5, 0.6) is 5.75 Å². The molecular weight excluding hydrogens is 326 g/mol. The molecule has 2 aromatic carbocycles. The highest BCUT2D eigenvalue weighted by Crippen LogP contribution is 2.32. The zero-order valence-corrected chi connectivity index (χ0v) is 15.3. The lowest BCUT2D eigenvalue weighted by molar-refractivity contribution is -0.141. The van der Waals surface area contributed by atoms with Crippen molar-refractivity contribution in [1.29, 1.82) is 0 Å². The second-order valence-electron chi connectivity index (χ2n) is 6.33. The molecule has 0 bridgehead atoms. The third kappa shape index (κ3) is 3.97. The molecule has 0 aromatic heterocycles. The summed E-state index contributed by atoms with van der Waals surface area (Å²) in [5.74, 6) is 0.772. The summed E-state index contributed by atoms with van der Waals surface area (Å²) in [5.41, 5.74) is 1.93. The Kier molecular flexibility index (Phi) is 6.08. The Morgan fingerprint density at radius 3 is 2.46 bits per heavy atom. The molecule has 1 fully saturated rings. The first-order chi connectivity index (χ1) is 12.7. The normalized spacial score (nSPS) is 19.6. The maximum Gasteiger partial charge on any atom is 0.259 e. The van der Waals surface area contributed by atoms with Crippen molar-refractivity contribution < 1.29 is 14.3 Å². The Labute approximate surface area is 155 Å². The van der Waals surface area contributed by atoms with Gasteiger partial charge in [-0.25, -0.2) is 0 Å². The molecule has 136 valence electrons. The van der Waals surface area contributed by atoms with Gasteiger partial charge in [0.25, 0.3) is 5.91 Å². The number of benzene rings is 2. The van der Waals surface area contributed by atoms with E-state index in [1.54, 1.807) is 12.0 Å². The predicted molar refractivity (Wildman–Crippen MR) is 103 cm³/mol. The first-order valence-corrected chi connectivity index (χ1v) is 9.04. The molecule has 1 aliphatic rings. The van der Waals surface area contributed by atoms with Crippen molar-refractivity contribution in [2.75, 3.05) is 12.0 Å². The summed E-state index contributed by atoms with van der Waals surface area (Å²) < 4.78 is 11.1. The van der Waals surface area contributed by atoms with Gasteiger partial charge in [0.15, 0.2) is 6.10 Å². The van der Waals surface area contributed by atoms with Crippen LogP contribution in [-0.4, -0.2) is 25.2 Å². The van der Waals surface area contributed by atoms with E-state index in [9.17, 15) is 4.79 Å². The van der Waals surface area contributed by atoms with Crippen LogP contribution in [0.1, 0.15) is 25.3 Å². The number of allylic oxidation sites excluding steroid dienone is 1. The molecule has 1 aliphatic heterocycles. The van der Waals surface area contributed by atoms with Gasteiger partial charge in [-0.1, -0.05) is 55.8 Å². The summed E-state index contributed by atoms with van der Waals surface area (Å²) in [4.78, 5) is 14.5. The third-order valence-electron chi connectivity index (χ3n) is 4.50. The monoisotopic (exact) mass is 351 g/mol. The van der Waals surface area contributed by atoms with Gasteiger partial charge in [-0.2, -0.15) is 0 Å². The Balaban J connectivity index is 1.73. The van der Waals surface area contributed by atoms with Crippen LogP contribution in [0.3, 0.4) is 0 Å². The number of amides is 1. The quantitative estimate of drug-likeness (QED) is 0.524. The first-order valence-electron chi connectivity index (χ1n) is 9.04. The second kappa shape index (κ2) is 8.68. The molecule has 1 saturated heterocycles. The van der Waals surface area contributed by atoms with Crippen LogP contribution >= 0.6 is 0 Å². The molecule has 2 aromatic rings. The SMILES string of the molecule is CCC/C=C/[C@H]1[C@@H](OCc2ccccc2)C(=O)N1c1ccc(OC)cc1. The van der Waals surface area contributed by atoms with Crippen LogP contribution in [0.15, 0.2) is 66.7 Å². The van der Waals surface area contributed by atoms with Crippen molar-refractivity contribution in [3.63, 3.8) is 0 Å². The van der Waals surface area contributed by atoms with Crippen molar-refractivity contribution in [2.45, 2.75) is 38.5 Å². The number of anilines is 1. The van der Waals surface area contributed by atoms with Gasteiger partial charge in [0.2, 0.25) is 0 Å². The predicted octanol–water partition coefficient (Wildman–Crippen LogP) is 4.35. The van der Waals surface area contributed by atoms with E-state index in [1.165, 1.54) is 0 Å².